The van der Waals surface area contributed by atoms with Gasteiger partial charge in [0.1, 0.15) is 10.6 Å². The Morgan fingerprint density at radius 3 is 3.11 bits per heavy atom. The van der Waals surface area contributed by atoms with Crippen LogP contribution in [-0.4, -0.2) is 23.3 Å². The molecule has 0 amide bonds. The molecule has 2 atom stereocenters. The van der Waals surface area contributed by atoms with Crippen LogP contribution in [0.4, 0.5) is 0 Å². The standard InChI is InChI=1S/C14H23NO2S/c1-3-17-14(7-4-5-11(2)9-14)13-15-12(6-8-16)10-18-13/h10-11,16H,3-9H2,1-2H3. The minimum Gasteiger partial charge on any atom is -0.396 e. The predicted octanol–water partition coefficient (Wildman–Crippen LogP) is 3.12. The van der Waals surface area contributed by atoms with Crippen LogP contribution >= 0.6 is 11.3 Å². The van der Waals surface area contributed by atoms with Crippen molar-refractivity contribution in [2.45, 2.75) is 51.6 Å². The first-order valence-corrected chi connectivity index (χ1v) is 7.78. The topological polar surface area (TPSA) is 42.4 Å². The van der Waals surface area contributed by atoms with E-state index in [-0.39, 0.29) is 12.2 Å². The van der Waals surface area contributed by atoms with Gasteiger partial charge in [-0.2, -0.15) is 0 Å². The number of aliphatic hydroxyl groups is 1. The Morgan fingerprint density at radius 1 is 1.61 bits per heavy atom. The molecule has 1 saturated carbocycles. The van der Waals surface area contributed by atoms with Gasteiger partial charge in [-0.1, -0.05) is 13.3 Å². The summed E-state index contributed by atoms with van der Waals surface area (Å²) in [7, 11) is 0. The first-order valence-electron chi connectivity index (χ1n) is 6.90. The van der Waals surface area contributed by atoms with Crippen LogP contribution in [0.1, 0.15) is 50.2 Å². The normalized spacial score (nSPS) is 28.5. The lowest BCUT2D eigenvalue weighted by molar-refractivity contribution is -0.0821. The van der Waals surface area contributed by atoms with Gasteiger partial charge in [-0.15, -0.1) is 11.3 Å². The zero-order valence-corrected chi connectivity index (χ0v) is 12.1. The summed E-state index contributed by atoms with van der Waals surface area (Å²) in [6, 6.07) is 0. The van der Waals surface area contributed by atoms with Crippen LogP contribution in [0.25, 0.3) is 0 Å². The lowest BCUT2D eigenvalue weighted by atomic mass is 9.79. The van der Waals surface area contributed by atoms with E-state index in [0.29, 0.717) is 12.3 Å². The van der Waals surface area contributed by atoms with Crippen LogP contribution < -0.4 is 0 Å². The lowest BCUT2D eigenvalue weighted by Gasteiger charge is -2.38. The summed E-state index contributed by atoms with van der Waals surface area (Å²) >= 11 is 1.69. The average Bonchev–Trinajstić information content (AvgIpc) is 2.79. The second-order valence-electron chi connectivity index (χ2n) is 5.25. The van der Waals surface area contributed by atoms with Gasteiger partial charge in [0.2, 0.25) is 0 Å². The van der Waals surface area contributed by atoms with E-state index in [9.17, 15) is 0 Å². The Kier molecular flexibility index (Phi) is 4.76. The van der Waals surface area contributed by atoms with Gasteiger partial charge < -0.3 is 9.84 Å². The molecule has 1 fully saturated rings. The van der Waals surface area contributed by atoms with Gasteiger partial charge in [-0.25, -0.2) is 4.98 Å². The molecule has 0 aromatic carbocycles. The molecule has 18 heavy (non-hydrogen) atoms. The Bertz CT molecular complexity index is 376. The molecule has 1 aliphatic rings. The molecule has 1 heterocycles. The molecule has 1 aromatic heterocycles. The van der Waals surface area contributed by atoms with Crippen molar-refractivity contribution in [2.24, 2.45) is 5.92 Å². The van der Waals surface area contributed by atoms with Crippen LogP contribution in [-0.2, 0) is 16.8 Å². The number of thiazole rings is 1. The quantitative estimate of drug-likeness (QED) is 0.893. The summed E-state index contributed by atoms with van der Waals surface area (Å²) in [6.45, 7) is 5.27. The summed E-state index contributed by atoms with van der Waals surface area (Å²) in [6.07, 6.45) is 5.32. The highest BCUT2D eigenvalue weighted by Crippen LogP contribution is 2.43. The van der Waals surface area contributed by atoms with Crippen molar-refractivity contribution in [3.63, 3.8) is 0 Å². The number of rotatable bonds is 5. The van der Waals surface area contributed by atoms with E-state index in [4.69, 9.17) is 9.84 Å². The van der Waals surface area contributed by atoms with E-state index < -0.39 is 0 Å². The van der Waals surface area contributed by atoms with Crippen molar-refractivity contribution in [1.82, 2.24) is 4.98 Å². The maximum absolute atomic E-state index is 8.98. The molecule has 2 unspecified atom stereocenters. The summed E-state index contributed by atoms with van der Waals surface area (Å²) in [4.78, 5) is 4.68. The highest BCUT2D eigenvalue weighted by molar-refractivity contribution is 7.09. The van der Waals surface area contributed by atoms with Crippen molar-refractivity contribution < 1.29 is 9.84 Å². The number of aliphatic hydroxyl groups excluding tert-OH is 1. The van der Waals surface area contributed by atoms with Crippen LogP contribution in [0, 0.1) is 5.92 Å². The third-order valence-electron chi connectivity index (χ3n) is 3.69. The second kappa shape index (κ2) is 6.13. The molecule has 3 nitrogen and oxygen atoms in total. The molecular weight excluding hydrogens is 246 g/mol. The molecule has 1 aliphatic carbocycles. The van der Waals surface area contributed by atoms with Gasteiger partial charge in [0, 0.05) is 25.0 Å². The smallest absolute Gasteiger partial charge is 0.125 e. The van der Waals surface area contributed by atoms with Crippen LogP contribution in [0.3, 0.4) is 0 Å². The molecule has 0 spiro atoms. The van der Waals surface area contributed by atoms with Gasteiger partial charge in [-0.05, 0) is 32.1 Å². The molecule has 1 aromatic rings. The Labute approximate surface area is 113 Å². The van der Waals surface area contributed by atoms with E-state index in [1.165, 1.54) is 12.8 Å². The molecule has 0 aliphatic heterocycles. The maximum Gasteiger partial charge on any atom is 0.125 e. The summed E-state index contributed by atoms with van der Waals surface area (Å²) < 4.78 is 6.10. The summed E-state index contributed by atoms with van der Waals surface area (Å²) in [5, 5.41) is 12.2. The van der Waals surface area contributed by atoms with E-state index in [2.05, 4.69) is 24.2 Å². The van der Waals surface area contributed by atoms with Gasteiger partial charge in [-0.3, -0.25) is 0 Å². The minimum absolute atomic E-state index is 0.162. The lowest BCUT2D eigenvalue weighted by Crippen LogP contribution is -2.35. The molecular formula is C14H23NO2S. The van der Waals surface area contributed by atoms with Crippen molar-refractivity contribution in [3.05, 3.63) is 16.1 Å². The zero-order chi connectivity index (χ0) is 13.0. The van der Waals surface area contributed by atoms with E-state index in [1.54, 1.807) is 11.3 Å². The molecule has 4 heteroatoms. The Morgan fingerprint density at radius 2 is 2.44 bits per heavy atom. The van der Waals surface area contributed by atoms with Gasteiger partial charge in [0.05, 0.1) is 5.69 Å². The average molecular weight is 269 g/mol. The fourth-order valence-electron chi connectivity index (χ4n) is 2.91. The van der Waals surface area contributed by atoms with Gasteiger partial charge in [0.15, 0.2) is 0 Å². The first kappa shape index (κ1) is 14.0. The molecule has 1 N–H and O–H groups in total. The van der Waals surface area contributed by atoms with Crippen LogP contribution in [0.2, 0.25) is 0 Å². The van der Waals surface area contributed by atoms with E-state index in [0.717, 1.165) is 30.2 Å². The predicted molar refractivity (Wildman–Crippen MR) is 73.8 cm³/mol. The SMILES string of the molecule is CCOC1(c2nc(CCO)cs2)CCCC(C)C1. The minimum atomic E-state index is -0.162. The molecule has 0 saturated heterocycles. The largest absolute Gasteiger partial charge is 0.396 e. The second-order valence-corrected chi connectivity index (χ2v) is 6.10. The fourth-order valence-corrected chi connectivity index (χ4v) is 3.96. The van der Waals surface area contributed by atoms with Gasteiger partial charge >= 0.3 is 0 Å². The van der Waals surface area contributed by atoms with Crippen LogP contribution in [0.5, 0.6) is 0 Å². The summed E-state index contributed by atoms with van der Waals surface area (Å²) in [5.74, 6) is 0.704. The number of aromatic nitrogens is 1. The molecule has 102 valence electrons. The molecule has 2 rings (SSSR count). The number of hydrogen-bond donors (Lipinski definition) is 1. The molecule has 0 bridgehead atoms. The summed E-state index contributed by atoms with van der Waals surface area (Å²) in [5.41, 5.74) is 0.833. The highest BCUT2D eigenvalue weighted by Gasteiger charge is 2.39. The Balaban J connectivity index is 2.21. The zero-order valence-electron chi connectivity index (χ0n) is 11.3. The van der Waals surface area contributed by atoms with Crippen molar-refractivity contribution in [3.8, 4) is 0 Å². The molecule has 0 radical (unpaired) electrons. The highest BCUT2D eigenvalue weighted by atomic mass is 32.1. The third-order valence-corrected chi connectivity index (χ3v) is 4.76. The van der Waals surface area contributed by atoms with E-state index >= 15 is 0 Å². The van der Waals surface area contributed by atoms with Crippen molar-refractivity contribution in [2.75, 3.05) is 13.2 Å². The third kappa shape index (κ3) is 2.92. The maximum atomic E-state index is 8.98. The van der Waals surface area contributed by atoms with E-state index in [1.807, 2.05) is 0 Å². The van der Waals surface area contributed by atoms with Gasteiger partial charge in [0.25, 0.3) is 0 Å². The van der Waals surface area contributed by atoms with Crippen molar-refractivity contribution in [1.29, 1.82) is 0 Å². The number of ether oxygens (including phenoxy) is 1. The number of hydrogen-bond acceptors (Lipinski definition) is 4. The van der Waals surface area contributed by atoms with Crippen molar-refractivity contribution >= 4 is 11.3 Å². The Hall–Kier alpha value is -0.450. The fraction of sp³-hybridized carbons (Fsp3) is 0.786. The van der Waals surface area contributed by atoms with Crippen LogP contribution in [0.15, 0.2) is 5.38 Å². The monoisotopic (exact) mass is 269 g/mol. The number of nitrogens with zero attached hydrogens (tertiary/aromatic N) is 1. The first-order chi connectivity index (χ1) is 8.70.